The lowest BCUT2D eigenvalue weighted by Gasteiger charge is -2.41. The molecule has 0 spiro atoms. The lowest BCUT2D eigenvalue weighted by atomic mass is 9.75. The molecule has 0 radical (unpaired) electrons. The fraction of sp³-hybridized carbons (Fsp3) is 0.636. The van der Waals surface area contributed by atoms with E-state index in [1.807, 2.05) is 23.1 Å². The number of piperidine rings is 1. The van der Waals surface area contributed by atoms with Crippen LogP contribution in [0.15, 0.2) is 30.3 Å². The molecule has 3 rings (SSSR count). The van der Waals surface area contributed by atoms with Crippen LogP contribution < -0.4 is 10.6 Å². The second-order valence-corrected chi connectivity index (χ2v) is 7.96. The van der Waals surface area contributed by atoms with Gasteiger partial charge in [-0.25, -0.2) is 4.79 Å². The number of nitrogens with zero attached hydrogens (tertiary/aromatic N) is 1. The summed E-state index contributed by atoms with van der Waals surface area (Å²) >= 11 is 0. The lowest BCUT2D eigenvalue weighted by molar-refractivity contribution is -0.120. The normalized spacial score (nSPS) is 22.0. The molecule has 3 amide bonds. The lowest BCUT2D eigenvalue weighted by Crippen LogP contribution is -2.49. The number of hydrogen-bond acceptors (Lipinski definition) is 2. The second-order valence-electron chi connectivity index (χ2n) is 7.96. The molecule has 1 saturated carbocycles. The van der Waals surface area contributed by atoms with E-state index >= 15 is 0 Å². The molecule has 0 aromatic heterocycles. The van der Waals surface area contributed by atoms with Crippen molar-refractivity contribution in [3.63, 3.8) is 0 Å². The summed E-state index contributed by atoms with van der Waals surface area (Å²) in [7, 11) is 0. The number of aryl methyl sites for hydroxylation is 1. The first kappa shape index (κ1) is 19.7. The second kappa shape index (κ2) is 10.3. The van der Waals surface area contributed by atoms with Crippen molar-refractivity contribution in [1.82, 2.24) is 15.5 Å². The van der Waals surface area contributed by atoms with Crippen LogP contribution in [0.1, 0.15) is 50.5 Å². The smallest absolute Gasteiger partial charge is 0.317 e. The largest absolute Gasteiger partial charge is 0.356 e. The highest BCUT2D eigenvalue weighted by Crippen LogP contribution is 2.35. The Hall–Kier alpha value is -2.04. The number of carbonyl (C=O) groups excluding carboxylic acids is 2. The molecule has 2 N–H and O–H groups in total. The quantitative estimate of drug-likeness (QED) is 0.722. The van der Waals surface area contributed by atoms with Crippen molar-refractivity contribution < 1.29 is 9.59 Å². The van der Waals surface area contributed by atoms with Crippen molar-refractivity contribution in [2.45, 2.75) is 51.4 Å². The standard InChI is InChI=1S/C22H33N3O2/c26-21(23-14-6-9-18-7-2-1-3-8-18)12-15-24-22(27)25-16-13-19-10-4-5-11-20(19)17-25/h1-3,7-8,19-20H,4-6,9-17H2,(H,23,26)(H,24,27). The topological polar surface area (TPSA) is 61.4 Å². The van der Waals surface area contributed by atoms with E-state index in [-0.39, 0.29) is 11.9 Å². The van der Waals surface area contributed by atoms with E-state index in [0.717, 1.165) is 38.3 Å². The first-order valence-electron chi connectivity index (χ1n) is 10.6. The van der Waals surface area contributed by atoms with Crippen LogP contribution in [0, 0.1) is 11.8 Å². The van der Waals surface area contributed by atoms with Crippen molar-refractivity contribution in [2.75, 3.05) is 26.2 Å². The maximum absolute atomic E-state index is 12.4. The molecule has 1 heterocycles. The minimum atomic E-state index is -0.00380. The number of hydrogen-bond donors (Lipinski definition) is 2. The molecule has 5 nitrogen and oxygen atoms in total. The van der Waals surface area contributed by atoms with Crippen LogP contribution in [-0.2, 0) is 11.2 Å². The molecule has 2 fully saturated rings. The van der Waals surface area contributed by atoms with Crippen LogP contribution in [-0.4, -0.2) is 43.0 Å². The summed E-state index contributed by atoms with van der Waals surface area (Å²) in [5, 5.41) is 5.86. The third-order valence-electron chi connectivity index (χ3n) is 6.01. The third-order valence-corrected chi connectivity index (χ3v) is 6.01. The summed E-state index contributed by atoms with van der Waals surface area (Å²) in [6.07, 6.45) is 8.64. The van der Waals surface area contributed by atoms with Crippen molar-refractivity contribution in [3.05, 3.63) is 35.9 Å². The maximum atomic E-state index is 12.4. The zero-order valence-corrected chi connectivity index (χ0v) is 16.3. The average molecular weight is 372 g/mol. The van der Waals surface area contributed by atoms with Crippen molar-refractivity contribution in [3.8, 4) is 0 Å². The highest BCUT2D eigenvalue weighted by atomic mass is 16.2. The van der Waals surface area contributed by atoms with E-state index < -0.39 is 0 Å². The van der Waals surface area contributed by atoms with Gasteiger partial charge in [0, 0.05) is 32.6 Å². The van der Waals surface area contributed by atoms with Crippen LogP contribution in [0.2, 0.25) is 0 Å². The summed E-state index contributed by atoms with van der Waals surface area (Å²) in [5.41, 5.74) is 1.29. The minimum Gasteiger partial charge on any atom is -0.356 e. The predicted molar refractivity (Wildman–Crippen MR) is 107 cm³/mol. The monoisotopic (exact) mass is 371 g/mol. The molecule has 148 valence electrons. The van der Waals surface area contributed by atoms with Gasteiger partial charge in [0.15, 0.2) is 0 Å². The van der Waals surface area contributed by atoms with Crippen LogP contribution in [0.5, 0.6) is 0 Å². The molecule has 5 heteroatoms. The van der Waals surface area contributed by atoms with Gasteiger partial charge in [-0.05, 0) is 43.1 Å². The number of amides is 3. The predicted octanol–water partition coefficient (Wildman–Crippen LogP) is 3.35. The van der Waals surface area contributed by atoms with E-state index in [1.165, 1.54) is 31.2 Å². The molecule has 1 aromatic rings. The number of fused-ring (bicyclic) bond motifs is 1. The van der Waals surface area contributed by atoms with Crippen molar-refractivity contribution in [2.24, 2.45) is 11.8 Å². The Morgan fingerprint density at radius 3 is 2.56 bits per heavy atom. The fourth-order valence-electron chi connectivity index (χ4n) is 4.43. The summed E-state index contributed by atoms with van der Waals surface area (Å²) in [4.78, 5) is 26.2. The molecular weight excluding hydrogens is 338 g/mol. The number of nitrogens with one attached hydrogen (secondary N) is 2. The Bertz CT molecular complexity index is 605. The maximum Gasteiger partial charge on any atom is 0.317 e. The Morgan fingerprint density at radius 1 is 0.963 bits per heavy atom. The number of carbonyl (C=O) groups is 2. The summed E-state index contributed by atoms with van der Waals surface area (Å²) in [5.74, 6) is 1.52. The average Bonchev–Trinajstić information content (AvgIpc) is 2.71. The number of urea groups is 1. The highest BCUT2D eigenvalue weighted by Gasteiger charge is 2.32. The first-order chi connectivity index (χ1) is 13.2. The van der Waals surface area contributed by atoms with Gasteiger partial charge < -0.3 is 15.5 Å². The van der Waals surface area contributed by atoms with Crippen molar-refractivity contribution >= 4 is 11.9 Å². The Labute approximate surface area is 162 Å². The van der Waals surface area contributed by atoms with Crippen LogP contribution in [0.25, 0.3) is 0 Å². The van der Waals surface area contributed by atoms with Crippen LogP contribution in [0.4, 0.5) is 4.79 Å². The van der Waals surface area contributed by atoms with Crippen molar-refractivity contribution in [1.29, 1.82) is 0 Å². The van der Waals surface area contributed by atoms with E-state index in [1.54, 1.807) is 0 Å². The van der Waals surface area contributed by atoms with Crippen LogP contribution in [0.3, 0.4) is 0 Å². The Morgan fingerprint density at radius 2 is 1.74 bits per heavy atom. The van der Waals surface area contributed by atoms with Gasteiger partial charge in [0.05, 0.1) is 0 Å². The van der Waals surface area contributed by atoms with Gasteiger partial charge in [0.25, 0.3) is 0 Å². The molecule has 1 saturated heterocycles. The molecule has 27 heavy (non-hydrogen) atoms. The van der Waals surface area contributed by atoms with Gasteiger partial charge in [-0.3, -0.25) is 4.79 Å². The van der Waals surface area contributed by atoms with Gasteiger partial charge in [0.1, 0.15) is 0 Å². The SMILES string of the molecule is O=C(CCNC(=O)N1CCC2CCCCC2C1)NCCCc1ccccc1. The van der Waals surface area contributed by atoms with Gasteiger partial charge in [-0.2, -0.15) is 0 Å². The Kier molecular flexibility index (Phi) is 7.55. The fourth-order valence-corrected chi connectivity index (χ4v) is 4.43. The van der Waals surface area contributed by atoms with Gasteiger partial charge in [-0.1, -0.05) is 49.6 Å². The van der Waals surface area contributed by atoms with E-state index in [0.29, 0.717) is 25.4 Å². The molecule has 2 atom stereocenters. The summed E-state index contributed by atoms with van der Waals surface area (Å²) < 4.78 is 0. The molecule has 2 aliphatic rings. The molecular formula is C22H33N3O2. The summed E-state index contributed by atoms with van der Waals surface area (Å²) in [6, 6.07) is 10.3. The van der Waals surface area contributed by atoms with Gasteiger partial charge in [0.2, 0.25) is 5.91 Å². The van der Waals surface area contributed by atoms with Gasteiger partial charge >= 0.3 is 6.03 Å². The summed E-state index contributed by atoms with van der Waals surface area (Å²) in [6.45, 7) is 2.84. The van der Waals surface area contributed by atoms with E-state index in [9.17, 15) is 9.59 Å². The Balaban J connectivity index is 1.25. The van der Waals surface area contributed by atoms with E-state index in [4.69, 9.17) is 0 Å². The number of rotatable bonds is 7. The molecule has 1 aliphatic carbocycles. The molecule has 0 bridgehead atoms. The number of benzene rings is 1. The molecule has 2 unspecified atom stereocenters. The third kappa shape index (κ3) is 6.26. The first-order valence-corrected chi connectivity index (χ1v) is 10.6. The molecule has 1 aliphatic heterocycles. The van der Waals surface area contributed by atoms with Crippen LogP contribution >= 0.6 is 0 Å². The highest BCUT2D eigenvalue weighted by molar-refractivity contribution is 5.78. The zero-order chi connectivity index (χ0) is 18.9. The van der Waals surface area contributed by atoms with Gasteiger partial charge in [-0.15, -0.1) is 0 Å². The molecule has 1 aromatic carbocycles. The zero-order valence-electron chi connectivity index (χ0n) is 16.3. The minimum absolute atomic E-state index is 0.00380. The van der Waals surface area contributed by atoms with E-state index in [2.05, 4.69) is 22.8 Å². The number of likely N-dealkylation sites (tertiary alicyclic amines) is 1.